The van der Waals surface area contributed by atoms with Crippen molar-refractivity contribution in [3.63, 3.8) is 0 Å². The number of benzene rings is 2. The first kappa shape index (κ1) is 26.3. The second-order valence-corrected chi connectivity index (χ2v) is 11.6. The minimum absolute atomic E-state index is 0.000659. The Bertz CT molecular complexity index is 1430. The predicted octanol–water partition coefficient (Wildman–Crippen LogP) is 3.17. The number of imide groups is 1. The van der Waals surface area contributed by atoms with E-state index < -0.39 is 56.2 Å². The molecular weight excluding hydrogens is 530 g/mol. The van der Waals surface area contributed by atoms with Gasteiger partial charge in [-0.1, -0.05) is 6.07 Å². The lowest BCUT2D eigenvalue weighted by Crippen LogP contribution is -2.52. The number of halogens is 4. The summed E-state index contributed by atoms with van der Waals surface area (Å²) in [5.74, 6) is -2.47. The Balaban J connectivity index is 1.35. The van der Waals surface area contributed by atoms with Crippen LogP contribution in [0.15, 0.2) is 41.3 Å². The molecular formula is C25H23F4N3O5S. The number of hydrogen-bond donors (Lipinski definition) is 1. The van der Waals surface area contributed by atoms with Crippen LogP contribution in [0.5, 0.6) is 0 Å². The van der Waals surface area contributed by atoms with Gasteiger partial charge in [-0.15, -0.1) is 0 Å². The van der Waals surface area contributed by atoms with Crippen molar-refractivity contribution in [2.45, 2.75) is 55.3 Å². The van der Waals surface area contributed by atoms with Gasteiger partial charge in [0.15, 0.2) is 0 Å². The number of carbonyl (C=O) groups is 3. The first-order valence-corrected chi connectivity index (χ1v) is 13.4. The molecule has 0 aliphatic carbocycles. The van der Waals surface area contributed by atoms with Gasteiger partial charge >= 0.3 is 6.18 Å². The van der Waals surface area contributed by atoms with Gasteiger partial charge in [0, 0.05) is 31.6 Å². The van der Waals surface area contributed by atoms with Gasteiger partial charge in [-0.25, -0.2) is 12.8 Å². The summed E-state index contributed by atoms with van der Waals surface area (Å²) in [6.07, 6.45) is -3.92. The lowest BCUT2D eigenvalue weighted by molar-refractivity contribution is -0.138. The lowest BCUT2D eigenvalue weighted by atomic mass is 9.86. The zero-order valence-corrected chi connectivity index (χ0v) is 20.7. The summed E-state index contributed by atoms with van der Waals surface area (Å²) in [4.78, 5) is 37.8. The number of hydrogen-bond acceptors (Lipinski definition) is 5. The SMILES string of the molecule is O=C1CCC(N2Cc3c(cc(F)cc3C3CCN(S(=O)(=O)c4cccc(C(F)(F)F)c4)CC3)C2=O)C(=O)N1. The summed E-state index contributed by atoms with van der Waals surface area (Å²) in [6, 6.07) is 5.13. The highest BCUT2D eigenvalue weighted by Gasteiger charge is 2.41. The molecule has 3 amide bonds. The molecule has 0 aromatic heterocycles. The third-order valence-electron chi connectivity index (χ3n) is 7.35. The zero-order valence-electron chi connectivity index (χ0n) is 19.9. The molecule has 0 bridgehead atoms. The van der Waals surface area contributed by atoms with Gasteiger partial charge < -0.3 is 4.90 Å². The van der Waals surface area contributed by atoms with Crippen molar-refractivity contribution in [3.05, 3.63) is 64.5 Å². The molecule has 202 valence electrons. The molecule has 38 heavy (non-hydrogen) atoms. The number of sulfonamides is 1. The molecule has 0 saturated carbocycles. The molecule has 3 aliphatic rings. The number of nitrogens with one attached hydrogen (secondary N) is 1. The highest BCUT2D eigenvalue weighted by atomic mass is 32.2. The molecule has 1 atom stereocenters. The lowest BCUT2D eigenvalue weighted by Gasteiger charge is -2.32. The van der Waals surface area contributed by atoms with Crippen LogP contribution in [0.4, 0.5) is 17.6 Å². The molecule has 2 aromatic carbocycles. The van der Waals surface area contributed by atoms with E-state index in [0.717, 1.165) is 28.6 Å². The number of alkyl halides is 3. The molecule has 13 heteroatoms. The summed E-state index contributed by atoms with van der Waals surface area (Å²) >= 11 is 0. The summed E-state index contributed by atoms with van der Waals surface area (Å²) in [5, 5.41) is 2.22. The fraction of sp³-hybridized carbons (Fsp3) is 0.400. The Labute approximate surface area is 215 Å². The number of fused-ring (bicyclic) bond motifs is 1. The zero-order chi connectivity index (χ0) is 27.4. The molecule has 1 unspecified atom stereocenters. The number of amides is 3. The van der Waals surface area contributed by atoms with Crippen LogP contribution in [-0.4, -0.2) is 54.5 Å². The molecule has 0 radical (unpaired) electrons. The van der Waals surface area contributed by atoms with Crippen molar-refractivity contribution < 1.29 is 40.4 Å². The maximum absolute atomic E-state index is 14.6. The van der Waals surface area contributed by atoms with Crippen molar-refractivity contribution >= 4 is 27.7 Å². The first-order chi connectivity index (χ1) is 17.9. The van der Waals surface area contributed by atoms with Crippen LogP contribution in [0, 0.1) is 5.82 Å². The summed E-state index contributed by atoms with van der Waals surface area (Å²) in [7, 11) is -4.19. The Morgan fingerprint density at radius 2 is 1.68 bits per heavy atom. The van der Waals surface area contributed by atoms with Gasteiger partial charge in [-0.05, 0) is 66.6 Å². The van der Waals surface area contributed by atoms with Crippen molar-refractivity contribution in [2.24, 2.45) is 0 Å². The van der Waals surface area contributed by atoms with Gasteiger partial charge in [-0.3, -0.25) is 19.7 Å². The average Bonchev–Trinajstić information content (AvgIpc) is 3.19. The van der Waals surface area contributed by atoms with Crippen LogP contribution in [0.2, 0.25) is 0 Å². The topological polar surface area (TPSA) is 104 Å². The Morgan fingerprint density at radius 1 is 0.974 bits per heavy atom. The molecule has 3 heterocycles. The number of carbonyl (C=O) groups excluding carboxylic acids is 3. The van der Waals surface area contributed by atoms with E-state index in [0.29, 0.717) is 17.2 Å². The van der Waals surface area contributed by atoms with E-state index in [2.05, 4.69) is 5.32 Å². The minimum atomic E-state index is -4.69. The second-order valence-electron chi connectivity index (χ2n) is 9.63. The van der Waals surface area contributed by atoms with Crippen molar-refractivity contribution in [3.8, 4) is 0 Å². The standard InChI is InChI=1S/C25H23F4N3O5S/c26-16-11-18(20-13-32(24(35)19(20)12-16)21-4-5-22(33)30-23(21)34)14-6-8-31(9-7-14)38(36,37)17-3-1-2-15(10-17)25(27,28)29/h1-3,10-12,14,21H,4-9,13H2,(H,30,33,34). The number of rotatable bonds is 4. The van der Waals surface area contributed by atoms with E-state index in [1.165, 1.54) is 11.0 Å². The number of piperidine rings is 2. The molecule has 1 N–H and O–H groups in total. The predicted molar refractivity (Wildman–Crippen MR) is 125 cm³/mol. The maximum Gasteiger partial charge on any atom is 0.416 e. The maximum atomic E-state index is 14.6. The third kappa shape index (κ3) is 4.68. The molecule has 8 nitrogen and oxygen atoms in total. The third-order valence-corrected chi connectivity index (χ3v) is 9.24. The monoisotopic (exact) mass is 553 g/mol. The van der Waals surface area contributed by atoms with E-state index in [1.807, 2.05) is 0 Å². The van der Waals surface area contributed by atoms with E-state index in [4.69, 9.17) is 0 Å². The van der Waals surface area contributed by atoms with Crippen LogP contribution in [0.1, 0.15) is 58.6 Å². The Kier molecular flexibility index (Phi) is 6.54. The summed E-state index contributed by atoms with van der Waals surface area (Å²) < 4.78 is 81.1. The highest BCUT2D eigenvalue weighted by molar-refractivity contribution is 7.89. The van der Waals surface area contributed by atoms with E-state index in [1.54, 1.807) is 0 Å². The van der Waals surface area contributed by atoms with Gasteiger partial charge in [0.1, 0.15) is 11.9 Å². The second kappa shape index (κ2) is 9.45. The average molecular weight is 554 g/mol. The van der Waals surface area contributed by atoms with Crippen LogP contribution in [0.25, 0.3) is 0 Å². The Hall–Kier alpha value is -3.32. The van der Waals surface area contributed by atoms with E-state index >= 15 is 0 Å². The molecule has 0 spiro atoms. The summed E-state index contributed by atoms with van der Waals surface area (Å²) in [6.45, 7) is 0.0531. The van der Waals surface area contributed by atoms with Crippen molar-refractivity contribution in [1.82, 2.24) is 14.5 Å². The van der Waals surface area contributed by atoms with Gasteiger partial charge in [0.2, 0.25) is 21.8 Å². The highest BCUT2D eigenvalue weighted by Crippen LogP contribution is 2.39. The van der Waals surface area contributed by atoms with Crippen LogP contribution in [0.3, 0.4) is 0 Å². The van der Waals surface area contributed by atoms with Crippen molar-refractivity contribution in [1.29, 1.82) is 0 Å². The molecule has 2 aromatic rings. The summed E-state index contributed by atoms with van der Waals surface area (Å²) in [5.41, 5.74) is 0.164. The molecule has 3 aliphatic heterocycles. The van der Waals surface area contributed by atoms with E-state index in [-0.39, 0.29) is 56.8 Å². The fourth-order valence-electron chi connectivity index (χ4n) is 5.41. The normalized spacial score (nSPS) is 21.5. The van der Waals surface area contributed by atoms with Crippen LogP contribution < -0.4 is 5.32 Å². The minimum Gasteiger partial charge on any atom is -0.322 e. The van der Waals surface area contributed by atoms with Gasteiger partial charge in [0.05, 0.1) is 10.5 Å². The van der Waals surface area contributed by atoms with Gasteiger partial charge in [-0.2, -0.15) is 17.5 Å². The molecule has 2 saturated heterocycles. The van der Waals surface area contributed by atoms with Gasteiger partial charge in [0.25, 0.3) is 5.91 Å². The van der Waals surface area contributed by atoms with Crippen molar-refractivity contribution in [2.75, 3.05) is 13.1 Å². The first-order valence-electron chi connectivity index (χ1n) is 12.0. The van der Waals surface area contributed by atoms with E-state index in [9.17, 15) is 40.4 Å². The largest absolute Gasteiger partial charge is 0.416 e. The molecule has 2 fully saturated rings. The van der Waals surface area contributed by atoms with Crippen LogP contribution >= 0.6 is 0 Å². The molecule has 5 rings (SSSR count). The fourth-order valence-corrected chi connectivity index (χ4v) is 6.92. The smallest absolute Gasteiger partial charge is 0.322 e. The van der Waals surface area contributed by atoms with Crippen LogP contribution in [-0.2, 0) is 32.3 Å². The Morgan fingerprint density at radius 3 is 2.34 bits per heavy atom. The number of nitrogens with zero attached hydrogens (tertiary/aromatic N) is 2. The quantitative estimate of drug-likeness (QED) is 0.463.